The molecule has 93 heavy (non-hydrogen) atoms. The van der Waals surface area contributed by atoms with Crippen molar-refractivity contribution in [3.63, 3.8) is 0 Å². The van der Waals surface area contributed by atoms with Gasteiger partial charge in [0, 0.05) is 38.2 Å². The lowest BCUT2D eigenvalue weighted by molar-refractivity contribution is -0.301. The van der Waals surface area contributed by atoms with Crippen molar-refractivity contribution in [1.29, 1.82) is 0 Å². The lowest BCUT2D eigenvalue weighted by atomic mass is 9.79. The summed E-state index contributed by atoms with van der Waals surface area (Å²) in [5.74, 6) is 0.0318. The molecule has 0 aromatic heterocycles. The summed E-state index contributed by atoms with van der Waals surface area (Å²) >= 11 is 0. The Labute approximate surface area is 572 Å². The predicted octanol–water partition coefficient (Wildman–Crippen LogP) is 17.9. The SMILES string of the molecule is C=CC(=O)CC[C@H]1CC(=C)C(CC[C@H]2C[C@@H](C)C(=C)C(CC3O[C@H]4CC(O[Si](C)(C)C(C)(C)C)[C@@H](CCO[Si](C)(C)C(C)(C)C)O[C@H]4[C@H](C)[C@H]3OC(O)CC3CC[C@@H]4O[C@@H](C(C=C)O[Si](C)(C)C(C)(C)C)C(O[Si](C)(C)C(C)(C)C)C(O[Si](C)(C)C(C)(C)C)[C@H]4O3)O2)O1. The Hall–Kier alpha value is -0.806. The molecule has 19 heteroatoms. The van der Waals surface area contributed by atoms with E-state index in [0.29, 0.717) is 51.6 Å². The van der Waals surface area contributed by atoms with Gasteiger partial charge in [-0.3, -0.25) is 4.79 Å². The molecule has 0 saturated carbocycles. The minimum Gasteiger partial charge on any atom is -0.417 e. The van der Waals surface area contributed by atoms with Crippen molar-refractivity contribution in [2.24, 2.45) is 11.8 Å². The molecule has 0 aromatic carbocycles. The molecular weight excluding hydrogens is 1250 g/mol. The van der Waals surface area contributed by atoms with Crippen LogP contribution in [-0.2, 0) is 60.1 Å². The summed E-state index contributed by atoms with van der Waals surface area (Å²) in [5, 5.41) is 12.5. The molecule has 0 bridgehead atoms. The first-order valence-corrected chi connectivity index (χ1v) is 50.6. The number of hydrogen-bond donors (Lipinski definition) is 1. The van der Waals surface area contributed by atoms with Gasteiger partial charge in [0.2, 0.25) is 0 Å². The van der Waals surface area contributed by atoms with E-state index in [1.165, 1.54) is 6.08 Å². The van der Waals surface area contributed by atoms with Gasteiger partial charge >= 0.3 is 0 Å². The highest BCUT2D eigenvalue weighted by Gasteiger charge is 2.59. The van der Waals surface area contributed by atoms with Crippen LogP contribution in [0.15, 0.2) is 49.6 Å². The van der Waals surface area contributed by atoms with E-state index in [2.05, 4.69) is 203 Å². The van der Waals surface area contributed by atoms with Gasteiger partial charge in [-0.1, -0.05) is 144 Å². The summed E-state index contributed by atoms with van der Waals surface area (Å²) in [5.41, 5.74) is 2.11. The van der Waals surface area contributed by atoms with Gasteiger partial charge < -0.3 is 60.4 Å². The van der Waals surface area contributed by atoms with E-state index in [9.17, 15) is 9.90 Å². The first-order valence-electron chi connectivity index (χ1n) is 36.1. The van der Waals surface area contributed by atoms with Gasteiger partial charge in [-0.15, -0.1) is 6.58 Å². The minimum absolute atomic E-state index is 0.0232. The zero-order valence-corrected chi connectivity index (χ0v) is 69.0. The van der Waals surface area contributed by atoms with Gasteiger partial charge in [0.15, 0.2) is 53.7 Å². The maximum Gasteiger partial charge on any atom is 0.193 e. The number of allylic oxidation sites excluding steroid dienone is 1. The number of ether oxygens (including phenoxy) is 7. The van der Waals surface area contributed by atoms with Crippen molar-refractivity contribution < 1.29 is 65.2 Å². The summed E-state index contributed by atoms with van der Waals surface area (Å²) < 4.78 is 87.4. The molecule has 0 amide bonds. The van der Waals surface area contributed by atoms with Gasteiger partial charge in [0.25, 0.3) is 0 Å². The number of aliphatic hydroxyl groups is 1. The number of aliphatic hydroxyl groups excluding tert-OH is 1. The first-order chi connectivity index (χ1) is 42.3. The maximum atomic E-state index is 12.7. The molecule has 6 saturated heterocycles. The fraction of sp³-hybridized carbons (Fsp3) is 0.878. The normalized spacial score (nSPS) is 34.0. The van der Waals surface area contributed by atoms with Crippen LogP contribution < -0.4 is 0 Å². The van der Waals surface area contributed by atoms with Crippen LogP contribution in [0.3, 0.4) is 0 Å². The number of fused-ring (bicyclic) bond motifs is 2. The number of carbonyl (C=O) groups is 1. The zero-order chi connectivity index (χ0) is 70.4. The van der Waals surface area contributed by atoms with E-state index in [0.717, 1.165) is 36.8 Å². The van der Waals surface area contributed by atoms with Crippen LogP contribution in [0.25, 0.3) is 0 Å². The number of carbonyl (C=O) groups excluding carboxylic acids is 1. The summed E-state index contributed by atoms with van der Waals surface area (Å²) in [6.45, 7) is 79.5. The lowest BCUT2D eigenvalue weighted by Gasteiger charge is -2.56. The second kappa shape index (κ2) is 30.8. The van der Waals surface area contributed by atoms with E-state index in [1.807, 2.05) is 6.08 Å². The zero-order valence-electron chi connectivity index (χ0n) is 64.0. The van der Waals surface area contributed by atoms with Crippen LogP contribution in [0.5, 0.6) is 0 Å². The van der Waals surface area contributed by atoms with Gasteiger partial charge in [-0.25, -0.2) is 0 Å². The molecule has 6 rings (SSSR count). The number of ketones is 1. The highest BCUT2D eigenvalue weighted by atomic mass is 28.4. The van der Waals surface area contributed by atoms with Crippen LogP contribution in [0.2, 0.25) is 90.7 Å². The second-order valence-corrected chi connectivity index (χ2v) is 60.7. The fourth-order valence-electron chi connectivity index (χ4n) is 13.1. The Morgan fingerprint density at radius 3 is 1.70 bits per heavy atom. The Bertz CT molecular complexity index is 2500. The molecule has 0 radical (unpaired) electrons. The van der Waals surface area contributed by atoms with Gasteiger partial charge in [-0.05, 0) is 165 Å². The highest BCUT2D eigenvalue weighted by Crippen LogP contribution is 2.50. The predicted molar refractivity (Wildman–Crippen MR) is 392 cm³/mol. The van der Waals surface area contributed by atoms with Crippen LogP contribution in [0.4, 0.5) is 0 Å². The van der Waals surface area contributed by atoms with Crippen molar-refractivity contribution in [2.75, 3.05) is 6.61 Å². The van der Waals surface area contributed by atoms with Gasteiger partial charge in [0.05, 0.1) is 79.4 Å². The largest absolute Gasteiger partial charge is 0.417 e. The molecular formula is C74H138O14Si5. The van der Waals surface area contributed by atoms with E-state index in [1.54, 1.807) is 0 Å². The molecule has 6 fully saturated rings. The third-order valence-electron chi connectivity index (χ3n) is 24.6. The molecule has 6 heterocycles. The molecule has 538 valence electrons. The van der Waals surface area contributed by atoms with Crippen LogP contribution in [0.1, 0.15) is 195 Å². The molecule has 9 unspecified atom stereocenters. The smallest absolute Gasteiger partial charge is 0.193 e. The molecule has 0 spiro atoms. The van der Waals surface area contributed by atoms with E-state index < -0.39 is 90.6 Å². The molecule has 0 aliphatic carbocycles. The Kier molecular flexibility index (Phi) is 26.9. The molecule has 0 aromatic rings. The lowest BCUT2D eigenvalue weighted by Crippen LogP contribution is -2.69. The third kappa shape index (κ3) is 20.1. The summed E-state index contributed by atoms with van der Waals surface area (Å²) in [4.78, 5) is 12.1. The highest BCUT2D eigenvalue weighted by molar-refractivity contribution is 6.76. The van der Waals surface area contributed by atoms with Crippen molar-refractivity contribution >= 4 is 47.4 Å². The van der Waals surface area contributed by atoms with E-state index >= 15 is 0 Å². The monoisotopic (exact) mass is 1390 g/mol. The number of hydrogen-bond acceptors (Lipinski definition) is 14. The quantitative estimate of drug-likeness (QED) is 0.0360. The third-order valence-corrected chi connectivity index (χ3v) is 47.0. The van der Waals surface area contributed by atoms with Crippen molar-refractivity contribution in [3.05, 3.63) is 49.6 Å². The standard InChI is InChI=1S/C74H138O14Si5/c1-32-51(75)34-35-52-43-48(4)56(78-52)38-36-53-42-47(3)49(5)59(79-53)45-61-65(50(6)64-62(81-61)46-60(86-91(26,27)72(13,14)15)57(82-64)40-41-77-89(22,23)70(7,8)9)84-63(76)44-54-37-39-58-67(80-54)69(88-93(30,31)74(19,20)21)68(87-92(28,29)73(16,17)18)66(83-58)55(33-2)85-90(24,25)71(10,11)12/h32-33,47,50,52-69,76H,1-2,4-5,34-46H2,3,6-31H3/t47-,50+,52+,53+,54?,55?,56?,57-,58+,59?,60?,61?,62+,63?,64+,65-,66+,67+,68?,69?/m1/s1. The molecule has 20 atom stereocenters. The molecule has 6 aliphatic heterocycles. The maximum absolute atomic E-state index is 12.7. The topological polar surface area (TPSA) is 148 Å². The second-order valence-electron chi connectivity index (χ2n) is 36.8. The van der Waals surface area contributed by atoms with Crippen molar-refractivity contribution in [3.8, 4) is 0 Å². The van der Waals surface area contributed by atoms with Gasteiger partial charge in [-0.2, -0.15) is 0 Å². The Morgan fingerprint density at radius 1 is 0.581 bits per heavy atom. The fourth-order valence-corrected chi connectivity index (χ4v) is 19.4. The van der Waals surface area contributed by atoms with Crippen molar-refractivity contribution in [2.45, 2.75) is 395 Å². The average Bonchev–Trinajstić information content (AvgIpc) is 1.04. The summed E-state index contributed by atoms with van der Waals surface area (Å²) in [7, 11) is -11.7. The molecule has 1 N–H and O–H groups in total. The summed E-state index contributed by atoms with van der Waals surface area (Å²) in [6, 6.07) is 0. The molecule has 14 nitrogen and oxygen atoms in total. The van der Waals surface area contributed by atoms with E-state index in [-0.39, 0.29) is 110 Å². The van der Waals surface area contributed by atoms with Crippen LogP contribution in [-0.4, -0.2) is 169 Å². The van der Waals surface area contributed by atoms with Gasteiger partial charge in [0.1, 0.15) is 24.4 Å². The van der Waals surface area contributed by atoms with Crippen LogP contribution >= 0.6 is 0 Å². The Balaban J connectivity index is 1.32. The Morgan fingerprint density at radius 2 is 1.14 bits per heavy atom. The van der Waals surface area contributed by atoms with Crippen LogP contribution in [0, 0.1) is 11.8 Å². The van der Waals surface area contributed by atoms with E-state index in [4.69, 9.17) is 61.9 Å². The first kappa shape index (κ1) is 81.2. The summed E-state index contributed by atoms with van der Waals surface area (Å²) in [6.07, 6.45) is 3.95. The van der Waals surface area contributed by atoms with Crippen molar-refractivity contribution in [1.82, 2.24) is 0 Å². The molecule has 6 aliphatic rings. The minimum atomic E-state index is -2.51. The number of rotatable bonds is 27. The average molecular weight is 1390 g/mol.